The molecular formula is C105H76Br4Cl2F4N12O8S4. The molecule has 24 rings (SSSR count). The maximum Gasteiger partial charge on any atom is 0.416 e. The van der Waals surface area contributed by atoms with Crippen molar-refractivity contribution in [3.8, 4) is 23.0 Å². The summed E-state index contributed by atoms with van der Waals surface area (Å²) in [5.41, 5.74) is 17.3. The van der Waals surface area contributed by atoms with Crippen LogP contribution in [0, 0.1) is 5.82 Å². The lowest BCUT2D eigenvalue weighted by molar-refractivity contribution is -0.137. The first kappa shape index (κ1) is 93.0. The lowest BCUT2D eigenvalue weighted by Crippen LogP contribution is -2.44. The summed E-state index contributed by atoms with van der Waals surface area (Å²) >= 11 is 50.6. The fraction of sp³-hybridized carbons (Fsp3) is 0.162. The van der Waals surface area contributed by atoms with E-state index in [2.05, 4.69) is 124 Å². The highest BCUT2D eigenvalue weighted by atomic mass is 79.9. The van der Waals surface area contributed by atoms with Gasteiger partial charge in [-0.15, -0.1) is 0 Å². The number of alkyl halides is 3. The Morgan fingerprint density at radius 2 is 0.633 bits per heavy atom. The first-order valence-electron chi connectivity index (χ1n) is 43.9. The van der Waals surface area contributed by atoms with Gasteiger partial charge in [-0.25, -0.2) is 4.39 Å². The largest absolute Gasteiger partial charge is 0.497 e. The van der Waals surface area contributed by atoms with E-state index >= 15 is 0 Å². The number of rotatable bonds is 12. The Morgan fingerprint density at radius 3 is 0.942 bits per heavy atom. The number of aromatic amines is 4. The normalized spacial score (nSPS) is 19.5. The summed E-state index contributed by atoms with van der Waals surface area (Å²) in [6, 6.07) is 77.8. The summed E-state index contributed by atoms with van der Waals surface area (Å²) in [5.74, 6) is 1.92. The highest BCUT2D eigenvalue weighted by molar-refractivity contribution is 9.11. The molecule has 20 nitrogen and oxygen atoms in total. The maximum atomic E-state index is 14.7. The molecule has 4 amide bonds. The number of anilines is 4. The molecule has 8 aliphatic rings. The van der Waals surface area contributed by atoms with Crippen molar-refractivity contribution in [1.82, 2.24) is 39.5 Å². The minimum absolute atomic E-state index is 0.0409. The van der Waals surface area contributed by atoms with Crippen molar-refractivity contribution in [1.29, 1.82) is 0 Å². The smallest absolute Gasteiger partial charge is 0.416 e. The highest BCUT2D eigenvalue weighted by Crippen LogP contribution is 2.53. The second-order valence-electron chi connectivity index (χ2n) is 34.3. The van der Waals surface area contributed by atoms with E-state index in [0.29, 0.717) is 73.9 Å². The first-order chi connectivity index (χ1) is 67.1. The monoisotopic (exact) mass is 2220 g/mol. The third-order valence-corrected chi connectivity index (χ3v) is 30.9. The zero-order chi connectivity index (χ0) is 96.7. The third kappa shape index (κ3) is 16.3. The zero-order valence-corrected chi connectivity index (χ0v) is 84.7. The molecular weight excluding hydrogens is 2150 g/mol. The number of para-hydroxylation sites is 2. The predicted octanol–water partition coefficient (Wildman–Crippen LogP) is 24.8. The van der Waals surface area contributed by atoms with Crippen molar-refractivity contribution in [2.75, 3.05) is 48.0 Å². The van der Waals surface area contributed by atoms with Crippen LogP contribution >= 0.6 is 136 Å². The van der Waals surface area contributed by atoms with Crippen LogP contribution in [-0.2, 0) is 51.0 Å². The molecule has 12 aromatic carbocycles. The van der Waals surface area contributed by atoms with E-state index in [0.717, 1.165) is 158 Å². The van der Waals surface area contributed by atoms with Gasteiger partial charge in [0.1, 0.15) is 53.0 Å². The second kappa shape index (κ2) is 37.0. The summed E-state index contributed by atoms with van der Waals surface area (Å²) in [5, 5.41) is 6.82. The Morgan fingerprint density at radius 1 is 0.338 bits per heavy atom. The molecule has 8 aliphatic heterocycles. The summed E-state index contributed by atoms with van der Waals surface area (Å²) in [4.78, 5) is 83.3. The van der Waals surface area contributed by atoms with Crippen LogP contribution in [0.4, 0.5) is 40.3 Å². The van der Waals surface area contributed by atoms with Gasteiger partial charge < -0.3 is 58.5 Å². The van der Waals surface area contributed by atoms with Gasteiger partial charge >= 0.3 is 6.18 Å². The van der Waals surface area contributed by atoms with Gasteiger partial charge in [-0.3, -0.25) is 38.8 Å². The van der Waals surface area contributed by atoms with Crippen molar-refractivity contribution >= 4 is 246 Å². The SMILES string of the molecule is COc1ccc(C2c3[nH]c4ccc(Br)cc4c3CC3C(=O)N(c4ccc(C(F)(F)F)cc4)C(=S)N32)cc1.COc1ccc(C2c3[nH]c4ccc(Br)cc4c3CC3C(=O)N(c4cccc(Cl)c4)C(=S)N32)cc1.COc1ccc(C2c3[nH]c4ccc(Br)cc4c3CC3C(=O)N(c4ccccc4Cl)C(=S)N32)cc1.COc1ccc(C2c3[nH]c4ccc(Br)cc4c3CC3C(=O)N(c4ccccc4F)C(=S)N32)cc1. The lowest BCUT2D eigenvalue weighted by atomic mass is 9.89. The molecule has 0 bridgehead atoms. The molecule has 16 aromatic rings. The molecule has 0 spiro atoms. The van der Waals surface area contributed by atoms with E-state index in [-0.39, 0.29) is 52.6 Å². The van der Waals surface area contributed by atoms with E-state index in [4.69, 9.17) is 91.0 Å². The molecule has 8 unspecified atom stereocenters. The average Bonchev–Trinajstić information content (AvgIpc) is 1.57. The standard InChI is InChI=1S/C27H19BrF3N3O2S.2C26H19BrClN3O2S.C26H19BrFN3O2S/c1-36-18-9-2-14(3-10-18)24-23-20(19-12-16(28)6-11-21(19)32-23)13-22-25(35)33(26(37)34(22)24)17-7-4-15(5-8-17)27(29,30)31;1-33-18-8-5-14(6-9-18)24-23-20(19-11-15(27)7-10-21(19)29-23)13-22-25(32)30(26(34)31(22)24)17-4-2-3-16(28)12-17;2*1-33-16-9-6-14(7-10-16)24-23-18(17-12-15(27)8-11-20(17)29-23)13-22-25(32)31(26(34)30(22)24)21-5-3-2-4-19(21)28/h2-12,22,24,32H,13H2,1H3;3*2-12,22,24,29H,13H2,1H3. The van der Waals surface area contributed by atoms with Crippen molar-refractivity contribution < 1.29 is 55.7 Å². The molecule has 139 heavy (non-hydrogen) atoms. The summed E-state index contributed by atoms with van der Waals surface area (Å²) in [7, 11) is 6.51. The van der Waals surface area contributed by atoms with Gasteiger partial charge in [0, 0.05) is 115 Å². The number of hydrogen-bond acceptors (Lipinski definition) is 12. The maximum absolute atomic E-state index is 14.7. The molecule has 4 aromatic heterocycles. The van der Waals surface area contributed by atoms with Crippen LogP contribution < -0.4 is 38.5 Å². The Hall–Kier alpha value is -12.3. The average molecular weight is 2230 g/mol. The number of nitrogens with one attached hydrogen (secondary N) is 4. The Bertz CT molecular complexity index is 7550. The van der Waals surface area contributed by atoms with E-state index in [9.17, 15) is 36.7 Å². The molecule has 4 N–H and O–H groups in total. The molecule has 4 fully saturated rings. The number of H-pyrrole nitrogens is 4. The molecule has 0 radical (unpaired) electrons. The van der Waals surface area contributed by atoms with Gasteiger partial charge in [-0.1, -0.05) is 166 Å². The van der Waals surface area contributed by atoms with Crippen LogP contribution in [-0.4, -0.2) is 136 Å². The Labute approximate surface area is 858 Å². The number of fused-ring (bicyclic) bond motifs is 16. The van der Waals surface area contributed by atoms with Crippen molar-refractivity contribution in [3.63, 3.8) is 0 Å². The van der Waals surface area contributed by atoms with Gasteiger partial charge in [-0.05, 0) is 281 Å². The van der Waals surface area contributed by atoms with E-state index in [1.807, 2.05) is 180 Å². The predicted molar refractivity (Wildman–Crippen MR) is 562 cm³/mol. The van der Waals surface area contributed by atoms with Gasteiger partial charge in [-0.2, -0.15) is 13.2 Å². The highest BCUT2D eigenvalue weighted by Gasteiger charge is 2.57. The van der Waals surface area contributed by atoms with Crippen molar-refractivity contribution in [2.45, 2.75) is 80.2 Å². The third-order valence-electron chi connectivity index (χ3n) is 26.8. The molecule has 12 heterocycles. The molecule has 8 atom stereocenters. The first-order valence-corrected chi connectivity index (χ1v) is 49.5. The summed E-state index contributed by atoms with van der Waals surface area (Å²) < 4.78 is 79.4. The van der Waals surface area contributed by atoms with Gasteiger partial charge in [0.15, 0.2) is 20.4 Å². The fourth-order valence-corrected chi connectivity index (χ4v) is 24.1. The topological polar surface area (TPSA) is 194 Å². The van der Waals surface area contributed by atoms with Crippen LogP contribution in [0.3, 0.4) is 0 Å². The number of nitrogens with zero attached hydrogens (tertiary/aromatic N) is 8. The number of methoxy groups -OCH3 is 4. The van der Waals surface area contributed by atoms with Gasteiger partial charge in [0.2, 0.25) is 0 Å². The molecule has 4 saturated heterocycles. The summed E-state index contributed by atoms with van der Waals surface area (Å²) in [6.45, 7) is 0. The Balaban J connectivity index is 0.000000110. The fourth-order valence-electron chi connectivity index (χ4n) is 20.5. The number of amides is 4. The summed E-state index contributed by atoms with van der Waals surface area (Å²) in [6.07, 6.45) is -2.47. The van der Waals surface area contributed by atoms with Crippen LogP contribution in [0.1, 0.15) is 97.0 Å². The lowest BCUT2D eigenvalue weighted by Gasteiger charge is -2.37. The van der Waals surface area contributed by atoms with E-state index < -0.39 is 47.8 Å². The molecule has 34 heteroatoms. The number of aromatic nitrogens is 4. The van der Waals surface area contributed by atoms with Crippen LogP contribution in [0.25, 0.3) is 43.6 Å². The van der Waals surface area contributed by atoms with Gasteiger partial charge in [0.25, 0.3) is 23.6 Å². The number of hydrogen-bond donors (Lipinski definition) is 4. The van der Waals surface area contributed by atoms with Crippen molar-refractivity contribution in [3.05, 3.63) is 374 Å². The number of benzene rings is 12. The van der Waals surface area contributed by atoms with Crippen molar-refractivity contribution in [2.24, 2.45) is 0 Å². The number of ether oxygens (including phenoxy) is 4. The minimum Gasteiger partial charge on any atom is -0.497 e. The molecule has 698 valence electrons. The second-order valence-corrected chi connectivity index (χ2v) is 40.3. The number of halogens is 10. The quantitative estimate of drug-likeness (QED) is 0.0666. The number of carbonyl (C=O) groups excluding carboxylic acids is 4. The molecule has 0 aliphatic carbocycles. The van der Waals surface area contributed by atoms with Crippen LogP contribution in [0.2, 0.25) is 10.0 Å². The van der Waals surface area contributed by atoms with Crippen LogP contribution in [0.15, 0.2) is 285 Å². The zero-order valence-electron chi connectivity index (χ0n) is 73.6. The van der Waals surface area contributed by atoms with Gasteiger partial charge in [0.05, 0.1) is 85.9 Å². The minimum atomic E-state index is -4.47. The van der Waals surface area contributed by atoms with E-state index in [1.54, 1.807) is 74.6 Å². The number of carbonyl (C=O) groups is 4. The van der Waals surface area contributed by atoms with Crippen LogP contribution in [0.5, 0.6) is 23.0 Å². The van der Waals surface area contributed by atoms with E-state index in [1.165, 1.54) is 28.0 Å². The molecule has 0 saturated carbocycles. The number of thiocarbonyl (C=S) groups is 4. The Kier molecular flexibility index (Phi) is 24.8.